The van der Waals surface area contributed by atoms with Crippen molar-refractivity contribution >= 4 is 11.8 Å². The van der Waals surface area contributed by atoms with Crippen LogP contribution in [0.15, 0.2) is 0 Å². The number of hydrogen-bond donors (Lipinski definition) is 2. The lowest BCUT2D eigenvalue weighted by molar-refractivity contribution is -0.136. The minimum Gasteiger partial charge on any atom is -0.355 e. The van der Waals surface area contributed by atoms with Crippen molar-refractivity contribution in [3.63, 3.8) is 0 Å². The molecule has 0 saturated carbocycles. The maximum atomic E-state index is 12.0. The fraction of sp³-hybridized carbons (Fsp3) is 0.833. The quantitative estimate of drug-likeness (QED) is 0.694. The van der Waals surface area contributed by atoms with Crippen LogP contribution >= 0.6 is 0 Å². The van der Waals surface area contributed by atoms with E-state index in [2.05, 4.69) is 10.6 Å². The van der Waals surface area contributed by atoms with Crippen LogP contribution in [0.4, 0.5) is 0 Å². The van der Waals surface area contributed by atoms with Gasteiger partial charge in [-0.2, -0.15) is 0 Å². The van der Waals surface area contributed by atoms with Crippen molar-refractivity contribution in [2.24, 2.45) is 0 Å². The van der Waals surface area contributed by atoms with Gasteiger partial charge < -0.3 is 15.5 Å². The van der Waals surface area contributed by atoms with Gasteiger partial charge in [0.1, 0.15) is 0 Å². The summed E-state index contributed by atoms with van der Waals surface area (Å²) in [5, 5.41) is 6.01. The molecule has 5 heteroatoms. The molecule has 0 spiro atoms. The minimum absolute atomic E-state index is 0.0677. The molecule has 0 radical (unpaired) electrons. The Labute approximate surface area is 103 Å². The van der Waals surface area contributed by atoms with E-state index in [0.717, 1.165) is 19.4 Å². The van der Waals surface area contributed by atoms with Gasteiger partial charge in [-0.25, -0.2) is 0 Å². The Balaban J connectivity index is 2.37. The lowest BCUT2D eigenvalue weighted by atomic mass is 10.1. The van der Waals surface area contributed by atoms with Gasteiger partial charge in [0.05, 0.1) is 6.54 Å². The third-order valence-electron chi connectivity index (χ3n) is 3.03. The van der Waals surface area contributed by atoms with E-state index in [9.17, 15) is 9.59 Å². The van der Waals surface area contributed by atoms with E-state index in [1.165, 1.54) is 0 Å². The molecule has 1 rings (SSSR count). The first-order valence-corrected chi connectivity index (χ1v) is 6.45. The van der Waals surface area contributed by atoms with Gasteiger partial charge in [-0.15, -0.1) is 0 Å². The summed E-state index contributed by atoms with van der Waals surface area (Å²) >= 11 is 0. The molecule has 1 aliphatic heterocycles. The number of hydrogen-bond acceptors (Lipinski definition) is 3. The molecule has 1 heterocycles. The van der Waals surface area contributed by atoms with E-state index in [0.29, 0.717) is 25.6 Å². The van der Waals surface area contributed by atoms with Crippen LogP contribution in [0, 0.1) is 0 Å². The number of carbonyl (C=O) groups is 2. The van der Waals surface area contributed by atoms with Crippen LogP contribution in [0.25, 0.3) is 0 Å². The third kappa shape index (κ3) is 4.73. The molecule has 0 aromatic carbocycles. The molecule has 0 aliphatic carbocycles. The SMILES string of the molecule is CCNC(=O)CN(CC)C(=O)CC1CCCN1. The van der Waals surface area contributed by atoms with Crippen molar-refractivity contribution in [1.29, 1.82) is 0 Å². The van der Waals surface area contributed by atoms with Crippen molar-refractivity contribution in [3.05, 3.63) is 0 Å². The molecule has 98 valence electrons. The van der Waals surface area contributed by atoms with Crippen LogP contribution in [-0.4, -0.2) is 48.9 Å². The van der Waals surface area contributed by atoms with Gasteiger partial charge in [-0.1, -0.05) is 0 Å². The fourth-order valence-electron chi connectivity index (χ4n) is 2.07. The van der Waals surface area contributed by atoms with Crippen molar-refractivity contribution in [1.82, 2.24) is 15.5 Å². The zero-order chi connectivity index (χ0) is 12.7. The molecule has 0 aromatic rings. The normalized spacial score (nSPS) is 19.1. The van der Waals surface area contributed by atoms with Gasteiger partial charge in [0.25, 0.3) is 0 Å². The summed E-state index contributed by atoms with van der Waals surface area (Å²) in [6, 6.07) is 0.297. The van der Waals surface area contributed by atoms with Crippen LogP contribution in [-0.2, 0) is 9.59 Å². The standard InChI is InChI=1S/C12H23N3O2/c1-3-13-11(16)9-15(4-2)12(17)8-10-6-5-7-14-10/h10,14H,3-9H2,1-2H3,(H,13,16). The minimum atomic E-state index is -0.0814. The molecule has 0 aromatic heterocycles. The van der Waals surface area contributed by atoms with E-state index in [1.807, 2.05) is 13.8 Å². The topological polar surface area (TPSA) is 61.4 Å². The first-order chi connectivity index (χ1) is 8.17. The van der Waals surface area contributed by atoms with E-state index >= 15 is 0 Å². The number of nitrogens with zero attached hydrogens (tertiary/aromatic N) is 1. The highest BCUT2D eigenvalue weighted by atomic mass is 16.2. The van der Waals surface area contributed by atoms with Crippen molar-refractivity contribution < 1.29 is 9.59 Å². The lowest BCUT2D eigenvalue weighted by Gasteiger charge is -2.22. The molecule has 2 amide bonds. The number of amides is 2. The van der Waals surface area contributed by atoms with Crippen molar-refractivity contribution in [2.45, 2.75) is 39.2 Å². The molecule has 5 nitrogen and oxygen atoms in total. The smallest absolute Gasteiger partial charge is 0.239 e. The maximum Gasteiger partial charge on any atom is 0.239 e. The Morgan fingerprint density at radius 3 is 2.71 bits per heavy atom. The molecule has 1 saturated heterocycles. The summed E-state index contributed by atoms with van der Waals surface area (Å²) in [5.41, 5.74) is 0. The Morgan fingerprint density at radius 1 is 1.41 bits per heavy atom. The van der Waals surface area contributed by atoms with Gasteiger partial charge in [0, 0.05) is 25.6 Å². The van der Waals surface area contributed by atoms with E-state index in [4.69, 9.17) is 0 Å². The van der Waals surface area contributed by atoms with Gasteiger partial charge in [0.2, 0.25) is 11.8 Å². The largest absolute Gasteiger partial charge is 0.355 e. The average Bonchev–Trinajstić information content (AvgIpc) is 2.78. The molecule has 1 fully saturated rings. The van der Waals surface area contributed by atoms with Crippen LogP contribution in [0.5, 0.6) is 0 Å². The van der Waals surface area contributed by atoms with Crippen LogP contribution in [0.2, 0.25) is 0 Å². The lowest BCUT2D eigenvalue weighted by Crippen LogP contribution is -2.42. The maximum absolute atomic E-state index is 12.0. The monoisotopic (exact) mass is 241 g/mol. The molecule has 1 atom stereocenters. The highest BCUT2D eigenvalue weighted by Crippen LogP contribution is 2.10. The predicted octanol–water partition coefficient (Wildman–Crippen LogP) is 0.113. The summed E-state index contributed by atoms with van der Waals surface area (Å²) in [5.74, 6) is -0.0137. The second-order valence-corrected chi connectivity index (χ2v) is 4.36. The molecular formula is C12H23N3O2. The predicted molar refractivity (Wildman–Crippen MR) is 66.6 cm³/mol. The number of carbonyl (C=O) groups excluding carboxylic acids is 2. The fourth-order valence-corrected chi connectivity index (χ4v) is 2.07. The van der Waals surface area contributed by atoms with Crippen molar-refractivity contribution in [2.75, 3.05) is 26.2 Å². The zero-order valence-corrected chi connectivity index (χ0v) is 10.8. The molecule has 0 bridgehead atoms. The summed E-state index contributed by atoms with van der Waals surface area (Å²) in [7, 11) is 0. The summed E-state index contributed by atoms with van der Waals surface area (Å²) in [6.45, 7) is 6.14. The Hall–Kier alpha value is -1.10. The van der Waals surface area contributed by atoms with Gasteiger partial charge in [-0.05, 0) is 33.2 Å². The molecule has 1 unspecified atom stereocenters. The van der Waals surface area contributed by atoms with E-state index in [1.54, 1.807) is 4.90 Å². The van der Waals surface area contributed by atoms with Crippen molar-refractivity contribution in [3.8, 4) is 0 Å². The van der Waals surface area contributed by atoms with Gasteiger partial charge in [-0.3, -0.25) is 9.59 Å². The number of rotatable bonds is 6. The van der Waals surface area contributed by atoms with Crippen LogP contribution < -0.4 is 10.6 Å². The highest BCUT2D eigenvalue weighted by Gasteiger charge is 2.21. The van der Waals surface area contributed by atoms with Crippen LogP contribution in [0.1, 0.15) is 33.1 Å². The number of likely N-dealkylation sites (N-methyl/N-ethyl adjacent to an activating group) is 2. The number of nitrogens with one attached hydrogen (secondary N) is 2. The van der Waals surface area contributed by atoms with E-state index < -0.39 is 0 Å². The summed E-state index contributed by atoms with van der Waals surface area (Å²) in [4.78, 5) is 25.0. The summed E-state index contributed by atoms with van der Waals surface area (Å²) < 4.78 is 0. The van der Waals surface area contributed by atoms with E-state index in [-0.39, 0.29) is 18.4 Å². The highest BCUT2D eigenvalue weighted by molar-refractivity contribution is 5.85. The first kappa shape index (κ1) is 14.0. The molecular weight excluding hydrogens is 218 g/mol. The second kappa shape index (κ2) is 7.27. The molecule has 17 heavy (non-hydrogen) atoms. The summed E-state index contributed by atoms with van der Waals surface area (Å²) in [6.07, 6.45) is 2.71. The first-order valence-electron chi connectivity index (χ1n) is 6.45. The average molecular weight is 241 g/mol. The van der Waals surface area contributed by atoms with Gasteiger partial charge in [0.15, 0.2) is 0 Å². The van der Waals surface area contributed by atoms with Gasteiger partial charge >= 0.3 is 0 Å². The zero-order valence-electron chi connectivity index (χ0n) is 10.8. The molecule has 2 N–H and O–H groups in total. The Kier molecular flexibility index (Phi) is 5.97. The molecule has 1 aliphatic rings. The Bertz CT molecular complexity index is 262. The Morgan fingerprint density at radius 2 is 2.18 bits per heavy atom. The van der Waals surface area contributed by atoms with Crippen LogP contribution in [0.3, 0.4) is 0 Å². The second-order valence-electron chi connectivity index (χ2n) is 4.36. The third-order valence-corrected chi connectivity index (χ3v) is 3.03.